The summed E-state index contributed by atoms with van der Waals surface area (Å²) >= 11 is 0. The van der Waals surface area contributed by atoms with Crippen LogP contribution in [-0.2, 0) is 4.79 Å². The van der Waals surface area contributed by atoms with E-state index in [9.17, 15) is 4.79 Å². The average Bonchev–Trinajstić information content (AvgIpc) is 3.40. The second-order valence-corrected chi connectivity index (χ2v) is 17.2. The van der Waals surface area contributed by atoms with Crippen molar-refractivity contribution in [1.29, 1.82) is 0 Å². The van der Waals surface area contributed by atoms with Gasteiger partial charge < -0.3 is 32.0 Å². The molecular formula is C36H64N6O4. The van der Waals surface area contributed by atoms with Gasteiger partial charge in [0.1, 0.15) is 5.78 Å². The van der Waals surface area contributed by atoms with Crippen LogP contribution < -0.4 is 22.3 Å². The van der Waals surface area contributed by atoms with Gasteiger partial charge in [-0.3, -0.25) is 4.79 Å². The summed E-state index contributed by atoms with van der Waals surface area (Å²) in [5.41, 5.74) is 9.29. The first-order valence-corrected chi connectivity index (χ1v) is 18.0. The average molecular weight is 645 g/mol. The summed E-state index contributed by atoms with van der Waals surface area (Å²) in [6.45, 7) is 0. The Bertz CT molecular complexity index is 1150. The van der Waals surface area contributed by atoms with Crippen LogP contribution in [0.3, 0.4) is 0 Å². The maximum atomic E-state index is 11.9. The zero-order chi connectivity index (χ0) is 32.0. The zero-order valence-corrected chi connectivity index (χ0v) is 27.7. The van der Waals surface area contributed by atoms with Crippen molar-refractivity contribution >= 4 is 17.2 Å². The summed E-state index contributed by atoms with van der Waals surface area (Å²) in [7, 11) is 4.18. The second kappa shape index (κ2) is 14.1. The summed E-state index contributed by atoms with van der Waals surface area (Å²) in [6, 6.07) is 0. The van der Waals surface area contributed by atoms with Crippen molar-refractivity contribution in [1.82, 2.24) is 10.6 Å². The number of hydrogen-bond donors (Lipinski definition) is 7. The Labute approximate surface area is 276 Å². The third-order valence-corrected chi connectivity index (χ3v) is 14.1. The molecule has 0 spiro atoms. The molecule has 12 bridgehead atoms. The van der Waals surface area contributed by atoms with Gasteiger partial charge in [0.25, 0.3) is 0 Å². The van der Waals surface area contributed by atoms with E-state index in [1.54, 1.807) is 0 Å². The summed E-state index contributed by atoms with van der Waals surface area (Å²) in [5.74, 6) is 10.2. The standard InChI is InChI=1S/C12H20N2O.C12H19NO.C11H18N2O.CH4.H3NO/c1-13-12-5-8-2-9(6-12)4-11(14-15)10(3-8)7-12;1-13-12-5-8-2-9(6-12)4-11(14)10(3-8)7-12;12-11-4-7-1-8(5-11)3-10(13-14)9(2-7)6-11;;1-2/h8-10,13,15H,2-7H2,1H3;8-10,13H,2-7H2,1H3;7-9,14H,1-6,12H2;1H4;2H,1H2/b14-11-;;13-10-;;. The van der Waals surface area contributed by atoms with Crippen LogP contribution in [0.15, 0.2) is 10.3 Å². The number of rotatable bonds is 2. The predicted octanol–water partition coefficient (Wildman–Crippen LogP) is 5.46. The third kappa shape index (κ3) is 7.07. The van der Waals surface area contributed by atoms with Crippen LogP contribution in [0.4, 0.5) is 0 Å². The molecule has 12 unspecified atom stereocenters. The molecule has 12 atom stereocenters. The first kappa shape index (κ1) is 35.7. The van der Waals surface area contributed by atoms with Gasteiger partial charge in [0.2, 0.25) is 0 Å². The van der Waals surface area contributed by atoms with Gasteiger partial charge in [-0.15, -0.1) is 0 Å². The number of nitrogens with zero attached hydrogens (tertiary/aromatic N) is 2. The van der Waals surface area contributed by atoms with E-state index in [0.717, 1.165) is 73.6 Å². The molecule has 0 saturated heterocycles. The van der Waals surface area contributed by atoms with E-state index in [1.807, 2.05) is 0 Å². The van der Waals surface area contributed by atoms with Crippen LogP contribution in [0, 0.1) is 53.3 Å². The largest absolute Gasteiger partial charge is 0.411 e. The molecule has 12 aliphatic rings. The maximum Gasteiger partial charge on any atom is 0.136 e. The Balaban J connectivity index is 0.000000131. The smallest absolute Gasteiger partial charge is 0.136 e. The Morgan fingerprint density at radius 3 is 1.48 bits per heavy atom. The lowest BCUT2D eigenvalue weighted by Crippen LogP contribution is -2.52. The van der Waals surface area contributed by atoms with Crippen molar-refractivity contribution in [2.24, 2.45) is 75.2 Å². The van der Waals surface area contributed by atoms with Crippen molar-refractivity contribution in [3.05, 3.63) is 0 Å². The highest BCUT2D eigenvalue weighted by Crippen LogP contribution is 2.54. The molecule has 12 rings (SSSR count). The fraction of sp³-hybridized carbons (Fsp3) is 0.917. The van der Waals surface area contributed by atoms with Crippen molar-refractivity contribution in [2.45, 2.75) is 140 Å². The number of carbonyl (C=O) groups excluding carboxylic acids is 1. The molecule has 0 amide bonds. The molecule has 0 aliphatic heterocycles. The number of carbonyl (C=O) groups is 1. The summed E-state index contributed by atoms with van der Waals surface area (Å²) in [5, 5.41) is 38.7. The highest BCUT2D eigenvalue weighted by molar-refractivity contribution is 5.88. The molecule has 9 N–H and O–H groups in total. The minimum absolute atomic E-state index is 0. The Kier molecular flexibility index (Phi) is 10.9. The molecule has 0 aromatic heterocycles. The molecule has 0 radical (unpaired) electrons. The van der Waals surface area contributed by atoms with Crippen LogP contribution in [0.25, 0.3) is 0 Å². The number of oxime groups is 2. The normalized spacial score (nSPS) is 48.6. The summed E-state index contributed by atoms with van der Waals surface area (Å²) in [4.78, 5) is 11.9. The fourth-order valence-corrected chi connectivity index (χ4v) is 12.9. The van der Waals surface area contributed by atoms with E-state index in [4.69, 9.17) is 21.4 Å². The van der Waals surface area contributed by atoms with E-state index in [-0.39, 0.29) is 13.0 Å². The monoisotopic (exact) mass is 644 g/mol. The van der Waals surface area contributed by atoms with E-state index >= 15 is 0 Å². The van der Waals surface area contributed by atoms with Crippen molar-refractivity contribution in [3.8, 4) is 0 Å². The van der Waals surface area contributed by atoms with Crippen LogP contribution >= 0.6 is 0 Å². The van der Waals surface area contributed by atoms with Crippen LogP contribution in [0.5, 0.6) is 0 Å². The lowest BCUT2D eigenvalue weighted by Gasteiger charge is -2.48. The first-order chi connectivity index (χ1) is 21.6. The number of hydrogen-bond acceptors (Lipinski definition) is 10. The molecular weight excluding hydrogens is 580 g/mol. The number of Topliss-reactive ketones (excluding diaryl/α,β-unsaturated/α-hetero) is 1. The Morgan fingerprint density at radius 2 is 0.978 bits per heavy atom. The summed E-state index contributed by atoms with van der Waals surface area (Å²) < 4.78 is 0. The van der Waals surface area contributed by atoms with Crippen molar-refractivity contribution < 1.29 is 20.4 Å². The minimum Gasteiger partial charge on any atom is -0.411 e. The Hall–Kier alpha value is -1.59. The SMILES string of the molecule is C.CNC12CC3C/C(=N/O)C(CC(C3)C1)C2.CNC12CC3CC(=O)C(CC(C3)C1)C2.NC12CC3C/C(=N/O)C(CC(C3)C1)C2.NO. The zero-order valence-electron chi connectivity index (χ0n) is 27.7. The topological polar surface area (TPSA) is 179 Å². The van der Waals surface area contributed by atoms with Gasteiger partial charge in [-0.2, -0.15) is 0 Å². The van der Waals surface area contributed by atoms with Gasteiger partial charge in [-0.1, -0.05) is 17.7 Å². The molecule has 0 heterocycles. The van der Waals surface area contributed by atoms with Gasteiger partial charge in [-0.05, 0) is 159 Å². The van der Waals surface area contributed by atoms with Gasteiger partial charge in [0.15, 0.2) is 0 Å². The molecule has 10 heteroatoms. The molecule has 12 saturated carbocycles. The van der Waals surface area contributed by atoms with Gasteiger partial charge in [0, 0.05) is 40.8 Å². The fourth-order valence-electron chi connectivity index (χ4n) is 12.9. The lowest BCUT2D eigenvalue weighted by atomic mass is 9.63. The van der Waals surface area contributed by atoms with E-state index in [1.165, 1.54) is 77.0 Å². The van der Waals surface area contributed by atoms with Crippen molar-refractivity contribution in [3.63, 3.8) is 0 Å². The number of nitrogens with one attached hydrogen (secondary N) is 2. The van der Waals surface area contributed by atoms with Crippen LogP contribution in [-0.4, -0.2) is 63.5 Å². The minimum atomic E-state index is 0. The third-order valence-electron chi connectivity index (χ3n) is 14.1. The lowest BCUT2D eigenvalue weighted by molar-refractivity contribution is -0.123. The second-order valence-electron chi connectivity index (χ2n) is 17.2. The molecule has 262 valence electrons. The first-order valence-electron chi connectivity index (χ1n) is 18.0. The molecule has 12 fully saturated rings. The Morgan fingerprint density at radius 1 is 0.587 bits per heavy atom. The summed E-state index contributed by atoms with van der Waals surface area (Å²) in [6.07, 6.45) is 21.5. The quantitative estimate of drug-likeness (QED) is 0.153. The highest BCUT2D eigenvalue weighted by atomic mass is 16.4. The van der Waals surface area contributed by atoms with Crippen LogP contribution in [0.1, 0.15) is 123 Å². The van der Waals surface area contributed by atoms with Gasteiger partial charge >= 0.3 is 0 Å². The molecule has 0 aromatic rings. The van der Waals surface area contributed by atoms with Crippen molar-refractivity contribution in [2.75, 3.05) is 14.1 Å². The number of ketones is 1. The number of nitrogens with two attached hydrogens (primary N) is 2. The maximum absolute atomic E-state index is 11.9. The molecule has 0 aromatic carbocycles. The van der Waals surface area contributed by atoms with E-state index in [0.29, 0.717) is 46.5 Å². The highest BCUT2D eigenvalue weighted by Gasteiger charge is 2.52. The van der Waals surface area contributed by atoms with Crippen LogP contribution in [0.2, 0.25) is 0 Å². The predicted molar refractivity (Wildman–Crippen MR) is 181 cm³/mol. The van der Waals surface area contributed by atoms with Gasteiger partial charge in [-0.25, -0.2) is 5.90 Å². The molecule has 10 nitrogen and oxygen atoms in total. The van der Waals surface area contributed by atoms with E-state index < -0.39 is 0 Å². The number of fused-ring (bicyclic) bond motifs is 3. The molecule has 46 heavy (non-hydrogen) atoms. The molecule has 12 aliphatic carbocycles. The van der Waals surface area contributed by atoms with Gasteiger partial charge in [0.05, 0.1) is 11.4 Å². The van der Waals surface area contributed by atoms with E-state index in [2.05, 4.69) is 40.9 Å².